The Labute approximate surface area is 361 Å². The van der Waals surface area contributed by atoms with Crippen molar-refractivity contribution in [3.05, 3.63) is 48.6 Å². The van der Waals surface area contributed by atoms with Crippen LogP contribution in [0.2, 0.25) is 0 Å². The van der Waals surface area contributed by atoms with Crippen LogP contribution in [0.3, 0.4) is 0 Å². The summed E-state index contributed by atoms with van der Waals surface area (Å²) in [6.07, 6.45) is 46.1. The predicted octanol–water partition coefficient (Wildman–Crippen LogP) is 12.4. The molecule has 59 heavy (non-hydrogen) atoms. The number of allylic oxidation sites excluding steroid dienone is 8. The minimum Gasteiger partial charge on any atom is -0.462 e. The first-order valence-electron chi connectivity index (χ1n) is 23.5. The Kier molecular flexibility index (Phi) is 39.8. The number of likely N-dealkylation sites (N-methyl/N-ethyl adjacent to an activating group) is 1. The van der Waals surface area contributed by atoms with Gasteiger partial charge in [0, 0.05) is 19.4 Å². The van der Waals surface area contributed by atoms with E-state index in [0.717, 1.165) is 64.2 Å². The smallest absolute Gasteiger partial charge is 0.462 e. The number of rotatable bonds is 43. The van der Waals surface area contributed by atoms with Gasteiger partial charge >= 0.3 is 19.8 Å². The molecule has 2 N–H and O–H groups in total. The molecule has 0 heterocycles. The Balaban J connectivity index is 4.39. The lowest BCUT2D eigenvalue weighted by molar-refractivity contribution is -0.870. The van der Waals surface area contributed by atoms with Crippen molar-refractivity contribution in [2.45, 2.75) is 193 Å². The van der Waals surface area contributed by atoms with Crippen molar-refractivity contribution >= 4 is 19.8 Å². The van der Waals surface area contributed by atoms with Gasteiger partial charge in [-0.25, -0.2) is 4.57 Å². The van der Waals surface area contributed by atoms with Gasteiger partial charge in [-0.15, -0.1) is 0 Å². The molecule has 344 valence electrons. The zero-order valence-corrected chi connectivity index (χ0v) is 39.1. The number of quaternary nitrogens is 1. The van der Waals surface area contributed by atoms with E-state index in [1.54, 1.807) is 0 Å². The molecule has 0 saturated heterocycles. The summed E-state index contributed by atoms with van der Waals surface area (Å²) in [4.78, 5) is 35.4. The lowest BCUT2D eigenvalue weighted by atomic mass is 10.0. The number of carbonyl (C=O) groups excluding carboxylic acids is 2. The van der Waals surface area contributed by atoms with Crippen LogP contribution in [-0.4, -0.2) is 86.6 Å². The maximum absolute atomic E-state index is 12.7. The van der Waals surface area contributed by atoms with Crippen LogP contribution < -0.4 is 0 Å². The van der Waals surface area contributed by atoms with Gasteiger partial charge in [0.1, 0.15) is 19.8 Å². The fourth-order valence-electron chi connectivity index (χ4n) is 6.22. The van der Waals surface area contributed by atoms with Crippen molar-refractivity contribution in [2.75, 3.05) is 54.1 Å². The maximum atomic E-state index is 12.7. The van der Waals surface area contributed by atoms with Crippen LogP contribution in [0, 0.1) is 0 Å². The Bertz CT molecular complexity index is 1150. The van der Waals surface area contributed by atoms with E-state index in [-0.39, 0.29) is 38.6 Å². The average molecular weight is 855 g/mol. The number of esters is 2. The van der Waals surface area contributed by atoms with Crippen molar-refractivity contribution in [1.29, 1.82) is 0 Å². The van der Waals surface area contributed by atoms with Crippen LogP contribution in [0.15, 0.2) is 48.6 Å². The second-order valence-corrected chi connectivity index (χ2v) is 18.3. The summed E-state index contributed by atoms with van der Waals surface area (Å²) in [5, 5.41) is 8.81. The first-order chi connectivity index (χ1) is 28.5. The van der Waals surface area contributed by atoms with E-state index in [1.807, 2.05) is 27.2 Å². The maximum Gasteiger partial charge on any atom is 0.472 e. The number of phosphoric acid groups is 1. The van der Waals surface area contributed by atoms with Crippen LogP contribution in [-0.2, 0) is 32.7 Å². The standard InChI is InChI=1S/C48H88NO9P/c1-5-6-7-8-9-10-11-12-13-15-18-21-24-27-30-33-36-39-47(51)55-44-46(45-57-59(53,54)56-43-41-49(2,3)4)58-48(52)40-37-34-31-28-25-22-19-16-14-17-20-23-26-29-32-35-38-42-50/h14,17,19,22-23,26,28,31,46,50H,5-13,15-16,18,20-21,24-25,27,29-30,32-45H2,1-4H3/p+1/b17-14-,22-19-,26-23-,31-28-/t46-/m1/s1. The van der Waals surface area contributed by atoms with E-state index < -0.39 is 26.5 Å². The van der Waals surface area contributed by atoms with Gasteiger partial charge in [0.05, 0.1) is 27.7 Å². The van der Waals surface area contributed by atoms with E-state index in [2.05, 4.69) is 49.5 Å². The van der Waals surface area contributed by atoms with Crippen LogP contribution >= 0.6 is 7.82 Å². The van der Waals surface area contributed by atoms with Crippen molar-refractivity contribution in [3.8, 4) is 0 Å². The number of carbonyl (C=O) groups is 2. The van der Waals surface area contributed by atoms with E-state index in [9.17, 15) is 19.0 Å². The highest BCUT2D eigenvalue weighted by atomic mass is 31.2. The van der Waals surface area contributed by atoms with Gasteiger partial charge < -0.3 is 24.0 Å². The molecule has 0 aliphatic heterocycles. The van der Waals surface area contributed by atoms with Crippen LogP contribution in [0.25, 0.3) is 0 Å². The van der Waals surface area contributed by atoms with Gasteiger partial charge in [-0.05, 0) is 57.8 Å². The summed E-state index contributed by atoms with van der Waals surface area (Å²) in [5.74, 6) is -0.874. The average Bonchev–Trinajstić information content (AvgIpc) is 3.19. The SMILES string of the molecule is CCCCCCCCCCCCCCCCCCCC(=O)OC[C@H](COP(=O)(O)OCC[N+](C)(C)C)OC(=O)CCC/C=C\C/C=C\C/C=C\C/C=C\CCCCCO. The molecule has 2 atom stereocenters. The molecule has 0 aromatic carbocycles. The minimum absolute atomic E-state index is 0.0163. The largest absolute Gasteiger partial charge is 0.472 e. The molecule has 0 aliphatic carbocycles. The zero-order chi connectivity index (χ0) is 43.6. The van der Waals surface area contributed by atoms with Gasteiger partial charge in [-0.3, -0.25) is 18.6 Å². The van der Waals surface area contributed by atoms with Crippen molar-refractivity contribution in [1.82, 2.24) is 0 Å². The first-order valence-corrected chi connectivity index (χ1v) is 25.0. The number of ether oxygens (including phenoxy) is 2. The molecule has 0 aromatic rings. The van der Waals surface area contributed by atoms with E-state index >= 15 is 0 Å². The number of unbranched alkanes of at least 4 members (excludes halogenated alkanes) is 20. The summed E-state index contributed by atoms with van der Waals surface area (Å²) >= 11 is 0. The lowest BCUT2D eigenvalue weighted by Crippen LogP contribution is -2.37. The molecule has 0 amide bonds. The Morgan fingerprint density at radius 2 is 1.00 bits per heavy atom. The lowest BCUT2D eigenvalue weighted by Gasteiger charge is -2.24. The van der Waals surface area contributed by atoms with E-state index in [4.69, 9.17) is 23.6 Å². The second kappa shape index (κ2) is 41.3. The molecule has 10 nitrogen and oxygen atoms in total. The van der Waals surface area contributed by atoms with Gasteiger partial charge in [0.15, 0.2) is 6.10 Å². The molecular weight excluding hydrogens is 765 g/mol. The molecule has 0 fully saturated rings. The third-order valence-electron chi connectivity index (χ3n) is 9.92. The normalized spacial score (nSPS) is 13.9. The van der Waals surface area contributed by atoms with Gasteiger partial charge in [0.2, 0.25) is 0 Å². The topological polar surface area (TPSA) is 129 Å². The predicted molar refractivity (Wildman–Crippen MR) is 244 cm³/mol. The molecule has 0 saturated carbocycles. The molecule has 0 aromatic heterocycles. The number of hydrogen-bond donors (Lipinski definition) is 2. The highest BCUT2D eigenvalue weighted by Gasteiger charge is 2.27. The third-order valence-corrected chi connectivity index (χ3v) is 10.9. The minimum atomic E-state index is -4.40. The fourth-order valence-corrected chi connectivity index (χ4v) is 6.96. The highest BCUT2D eigenvalue weighted by molar-refractivity contribution is 7.47. The summed E-state index contributed by atoms with van der Waals surface area (Å²) < 4.78 is 34.3. The fraction of sp³-hybridized carbons (Fsp3) is 0.792. The van der Waals surface area contributed by atoms with Crippen LogP contribution in [0.5, 0.6) is 0 Å². The van der Waals surface area contributed by atoms with E-state index in [1.165, 1.54) is 89.9 Å². The molecule has 0 rings (SSSR count). The Morgan fingerprint density at radius 1 is 0.559 bits per heavy atom. The summed E-state index contributed by atoms with van der Waals surface area (Å²) in [7, 11) is 1.42. The molecular formula is C48H89NO9P+. The van der Waals surface area contributed by atoms with Gasteiger partial charge in [-0.1, -0.05) is 165 Å². The van der Waals surface area contributed by atoms with Crippen LogP contribution in [0.1, 0.15) is 187 Å². The monoisotopic (exact) mass is 855 g/mol. The quantitative estimate of drug-likeness (QED) is 0.0202. The molecule has 0 radical (unpaired) electrons. The van der Waals surface area contributed by atoms with Gasteiger partial charge in [-0.2, -0.15) is 0 Å². The third kappa shape index (κ3) is 45.3. The summed E-state index contributed by atoms with van der Waals surface area (Å²) in [5.41, 5.74) is 0. The number of nitrogens with zero attached hydrogens (tertiary/aromatic N) is 1. The number of aliphatic hydroxyl groups excluding tert-OH is 1. The number of hydrogen-bond acceptors (Lipinski definition) is 8. The number of phosphoric ester groups is 1. The van der Waals surface area contributed by atoms with Crippen molar-refractivity contribution in [2.24, 2.45) is 0 Å². The Hall–Kier alpha value is -2.07. The first kappa shape index (κ1) is 56.9. The summed E-state index contributed by atoms with van der Waals surface area (Å²) in [6, 6.07) is 0. The van der Waals surface area contributed by atoms with Gasteiger partial charge in [0.25, 0.3) is 0 Å². The zero-order valence-electron chi connectivity index (χ0n) is 38.2. The molecule has 1 unspecified atom stereocenters. The molecule has 0 aliphatic rings. The Morgan fingerprint density at radius 3 is 1.49 bits per heavy atom. The van der Waals surface area contributed by atoms with E-state index in [0.29, 0.717) is 23.9 Å². The second-order valence-electron chi connectivity index (χ2n) is 16.9. The summed E-state index contributed by atoms with van der Waals surface area (Å²) in [6.45, 7) is 2.37. The van der Waals surface area contributed by atoms with Crippen molar-refractivity contribution in [3.63, 3.8) is 0 Å². The molecule has 0 spiro atoms. The highest BCUT2D eigenvalue weighted by Crippen LogP contribution is 2.43. The van der Waals surface area contributed by atoms with Crippen LogP contribution in [0.4, 0.5) is 0 Å². The number of aliphatic hydroxyl groups is 1. The molecule has 11 heteroatoms. The van der Waals surface area contributed by atoms with Crippen molar-refractivity contribution < 1.29 is 47.2 Å². The molecule has 0 bridgehead atoms.